The van der Waals surface area contributed by atoms with Crippen molar-refractivity contribution < 1.29 is 45.6 Å². The molecule has 2 N–H and O–H groups in total. The minimum absolute atomic E-state index is 0. The summed E-state index contributed by atoms with van der Waals surface area (Å²) in [5, 5.41) is 84.5. The molecule has 0 heterocycles. The number of carboxylic acid groups (broad SMARTS) is 1. The van der Waals surface area contributed by atoms with Crippen LogP contribution in [-0.2, 0) is 4.79 Å². The molecule has 0 aliphatic heterocycles. The second-order valence-corrected chi connectivity index (χ2v) is 3.11. The molecule has 5 atom stereocenters. The van der Waals surface area contributed by atoms with Gasteiger partial charge < -0.3 is 55.9 Å². The Morgan fingerprint density at radius 1 is 1.10 bits per heavy atom. The number of rotatable bonds is 6. The van der Waals surface area contributed by atoms with Gasteiger partial charge in [0.05, 0.1) is 17.3 Å². The van der Waals surface area contributed by atoms with Crippen LogP contribution in [0.15, 0.2) is 0 Å². The van der Waals surface area contributed by atoms with Gasteiger partial charge in [-0.3, -0.25) is 0 Å². The number of aliphatic carboxylic acids is 1. The Balaban J connectivity index is -0.000000508. The topological polar surface area (TPSA) is 239 Å². The summed E-state index contributed by atoms with van der Waals surface area (Å²) in [6, 6.07) is 0. The second-order valence-electron chi connectivity index (χ2n) is 3.11. The molecule has 0 aliphatic carbocycles. The zero-order valence-corrected chi connectivity index (χ0v) is 12.0. The van der Waals surface area contributed by atoms with E-state index in [4.69, 9.17) is 25.5 Å². The molecule has 20 heavy (non-hydrogen) atoms. The van der Waals surface area contributed by atoms with Crippen molar-refractivity contribution in [1.29, 1.82) is 0 Å². The van der Waals surface area contributed by atoms with Gasteiger partial charge in [-0.2, -0.15) is 6.61 Å². The second kappa shape index (κ2) is 12.4. The largest absolute Gasteiger partial charge is 2.00 e. The molecule has 0 aromatic carbocycles. The molecular formula is C7H9CaNO11-4. The van der Waals surface area contributed by atoms with E-state index in [1.165, 1.54) is 0 Å². The molecule has 114 valence electrons. The van der Waals surface area contributed by atoms with Gasteiger partial charge in [-0.25, -0.2) is 0 Å². The molecule has 0 saturated carbocycles. The summed E-state index contributed by atoms with van der Waals surface area (Å²) in [4.78, 5) is 18.2. The average Bonchev–Trinajstić information content (AvgIpc) is 2.33. The first-order chi connectivity index (χ1) is 8.56. The minimum atomic E-state index is -2.81. The summed E-state index contributed by atoms with van der Waals surface area (Å²) in [5.41, 5.74) is 0. The smallest absolute Gasteiger partial charge is 0.855 e. The van der Waals surface area contributed by atoms with Gasteiger partial charge in [-0.05, 0) is 0 Å². The maximum absolute atomic E-state index is 10.8. The van der Waals surface area contributed by atoms with Crippen molar-refractivity contribution in [1.82, 2.24) is 0 Å². The van der Waals surface area contributed by atoms with E-state index in [1.54, 1.807) is 0 Å². The van der Waals surface area contributed by atoms with Crippen molar-refractivity contribution in [3.63, 3.8) is 0 Å². The molecule has 0 rings (SSSR count). The fraction of sp³-hybridized carbons (Fsp3) is 0.857. The first kappa shape index (κ1) is 24.7. The van der Waals surface area contributed by atoms with Crippen LogP contribution in [-0.4, -0.2) is 96.1 Å². The predicted octanol–water partition coefficient (Wildman–Crippen LogP) is -8.61. The summed E-state index contributed by atoms with van der Waals surface area (Å²) < 4.78 is 0. The molecule has 0 saturated heterocycles. The maximum atomic E-state index is 10.8. The van der Waals surface area contributed by atoms with Crippen LogP contribution in [0, 0.1) is 15.3 Å². The molecule has 0 radical (unpaired) electrons. The van der Waals surface area contributed by atoms with E-state index in [-0.39, 0.29) is 37.7 Å². The summed E-state index contributed by atoms with van der Waals surface area (Å²) in [6.45, 7) is -1.31. The Hall–Kier alpha value is -0.310. The van der Waals surface area contributed by atoms with Crippen LogP contribution in [0.2, 0.25) is 0 Å². The van der Waals surface area contributed by atoms with Crippen molar-refractivity contribution in [2.75, 3.05) is 6.61 Å². The van der Waals surface area contributed by atoms with Crippen LogP contribution in [0.4, 0.5) is 0 Å². The summed E-state index contributed by atoms with van der Waals surface area (Å²) in [6.07, 6.45) is -12.3. The third kappa shape index (κ3) is 10.5. The number of carbonyl (C=O) groups excluding carboxylic acids is 1. The molecule has 0 aromatic rings. The number of aliphatic hydroxyl groups excluding tert-OH is 2. The number of carboxylic acids is 1. The Morgan fingerprint density at radius 2 is 1.45 bits per heavy atom. The van der Waals surface area contributed by atoms with E-state index >= 15 is 0 Å². The maximum Gasteiger partial charge on any atom is 2.00 e. The standard InChI is InChI=1S/C7H10O8.Ca.NO3/c8-1-2(9)3(10)4(11)5(12)6(13)7(14)15;;2-1(3)4/h2-6,10-11H,1H2,(H,14,15);;/q-4;+2;-1/p-1/t2-,3-,4+,5-,6?;;/m1../s1. The van der Waals surface area contributed by atoms with Crippen molar-refractivity contribution in [2.45, 2.75) is 30.5 Å². The van der Waals surface area contributed by atoms with E-state index < -0.39 is 48.2 Å². The normalized spacial score (nSPS) is 17.3. The number of nitrogens with zero attached hydrogens (tertiary/aromatic N) is 1. The third-order valence-corrected chi connectivity index (χ3v) is 1.76. The van der Waals surface area contributed by atoms with Gasteiger partial charge in [0.25, 0.3) is 0 Å². The minimum Gasteiger partial charge on any atom is -0.855 e. The van der Waals surface area contributed by atoms with Crippen LogP contribution in [0.5, 0.6) is 0 Å². The number of hydrogen-bond donors (Lipinski definition) is 2. The summed E-state index contributed by atoms with van der Waals surface area (Å²) in [5.74, 6) is -2.24. The van der Waals surface area contributed by atoms with Crippen LogP contribution < -0.4 is 25.5 Å². The van der Waals surface area contributed by atoms with Crippen LogP contribution in [0.3, 0.4) is 0 Å². The number of hydrogen-bond acceptors (Lipinski definition) is 11. The van der Waals surface area contributed by atoms with E-state index in [2.05, 4.69) is 0 Å². The molecule has 13 heteroatoms. The zero-order valence-electron chi connectivity index (χ0n) is 9.82. The molecule has 0 aromatic heterocycles. The molecule has 0 amide bonds. The third-order valence-electron chi connectivity index (χ3n) is 1.76. The molecule has 0 bridgehead atoms. The van der Waals surface area contributed by atoms with Gasteiger partial charge in [0.1, 0.15) is 0 Å². The van der Waals surface area contributed by atoms with Gasteiger partial charge in [0, 0.05) is 5.97 Å². The number of carbonyl (C=O) groups is 1. The average molecular weight is 323 g/mol. The van der Waals surface area contributed by atoms with Gasteiger partial charge in [-0.15, -0.1) is 12.2 Å². The van der Waals surface area contributed by atoms with Gasteiger partial charge in [0.2, 0.25) is 0 Å². The Labute approximate surface area is 141 Å². The van der Waals surface area contributed by atoms with Crippen LogP contribution >= 0.6 is 0 Å². The molecule has 0 spiro atoms. The van der Waals surface area contributed by atoms with Crippen molar-refractivity contribution >= 4 is 43.7 Å². The van der Waals surface area contributed by atoms with Gasteiger partial charge >= 0.3 is 37.7 Å². The van der Waals surface area contributed by atoms with E-state index in [1.807, 2.05) is 0 Å². The molecule has 0 aliphatic rings. The van der Waals surface area contributed by atoms with Crippen LogP contribution in [0.25, 0.3) is 0 Å². The first-order valence-electron chi connectivity index (χ1n) is 4.50. The monoisotopic (exact) mass is 323 g/mol. The number of aliphatic hydroxyl groups is 2. The van der Waals surface area contributed by atoms with Crippen LogP contribution in [0.1, 0.15) is 0 Å². The zero-order chi connectivity index (χ0) is 15.7. The van der Waals surface area contributed by atoms with Gasteiger partial charge in [-0.1, -0.05) is 6.10 Å². The summed E-state index contributed by atoms with van der Waals surface area (Å²) in [7, 11) is 0. The van der Waals surface area contributed by atoms with Crippen molar-refractivity contribution in [2.24, 2.45) is 0 Å². The molecular weight excluding hydrogens is 314 g/mol. The summed E-state index contributed by atoms with van der Waals surface area (Å²) >= 11 is 0. The Kier molecular flexibility index (Phi) is 15.3. The van der Waals surface area contributed by atoms with E-state index in [0.717, 1.165) is 0 Å². The predicted molar refractivity (Wildman–Crippen MR) is 49.4 cm³/mol. The van der Waals surface area contributed by atoms with E-state index in [9.17, 15) is 30.3 Å². The molecule has 0 fully saturated rings. The fourth-order valence-corrected chi connectivity index (χ4v) is 0.826. The first-order valence-corrected chi connectivity index (χ1v) is 4.50. The van der Waals surface area contributed by atoms with Gasteiger partial charge in [0.15, 0.2) is 0 Å². The van der Waals surface area contributed by atoms with Crippen molar-refractivity contribution in [3.8, 4) is 0 Å². The van der Waals surface area contributed by atoms with E-state index in [0.29, 0.717) is 0 Å². The Bertz CT molecular complexity index is 286. The fourth-order valence-electron chi connectivity index (χ4n) is 0.826. The molecule has 1 unspecified atom stereocenters. The SMILES string of the molecule is O=C([O-])C([O-])[C@H]([O-])[C@@H](O)[C@H](O)[C@H]([O-])C[O-].O=[N+]([O-])[O-].[Ca+2]. The quantitative estimate of drug-likeness (QED) is 0.264. The Morgan fingerprint density at radius 3 is 1.70 bits per heavy atom. The van der Waals surface area contributed by atoms with Crippen molar-refractivity contribution in [3.05, 3.63) is 15.3 Å². The molecule has 12 nitrogen and oxygen atoms in total.